The van der Waals surface area contributed by atoms with Crippen molar-refractivity contribution < 1.29 is 8.42 Å². The highest BCUT2D eigenvalue weighted by atomic mass is 32.2. The van der Waals surface area contributed by atoms with Gasteiger partial charge in [-0.3, -0.25) is 0 Å². The third kappa shape index (κ3) is 28.0. The van der Waals surface area contributed by atoms with Crippen molar-refractivity contribution in [3.8, 4) is 0 Å². The zero-order chi connectivity index (χ0) is 24.3. The lowest BCUT2D eigenvalue weighted by Gasteiger charge is -2.08. The molecule has 0 amide bonds. The van der Waals surface area contributed by atoms with Crippen LogP contribution >= 0.6 is 0 Å². The maximum atomic E-state index is 12.1. The fraction of sp³-hybridized carbons (Fsp3) is 1.00. The molecule has 5 nitrogen and oxygen atoms in total. The van der Waals surface area contributed by atoms with E-state index < -0.39 is 10.0 Å². The standard InChI is InChI=1S/C27H59N3O2S/c1-3-5-6-7-8-9-10-11-12-13-14-15-16-17-18-19-27-33(31,32)30-26-21-25-29-24-20-23-28-22-4-2/h28-30H,3-27H2,1-2H3. The number of sulfonamides is 1. The zero-order valence-corrected chi connectivity index (χ0v) is 23.2. The molecule has 33 heavy (non-hydrogen) atoms. The summed E-state index contributed by atoms with van der Waals surface area (Å²) in [7, 11) is -3.10. The highest BCUT2D eigenvalue weighted by molar-refractivity contribution is 7.89. The van der Waals surface area contributed by atoms with Crippen LogP contribution in [0.2, 0.25) is 0 Å². The van der Waals surface area contributed by atoms with E-state index >= 15 is 0 Å². The van der Waals surface area contributed by atoms with Gasteiger partial charge in [0.1, 0.15) is 0 Å². The van der Waals surface area contributed by atoms with E-state index in [9.17, 15) is 8.42 Å². The number of hydrogen-bond acceptors (Lipinski definition) is 4. The molecule has 0 aliphatic heterocycles. The van der Waals surface area contributed by atoms with E-state index in [0.29, 0.717) is 6.54 Å². The molecule has 0 aromatic carbocycles. The van der Waals surface area contributed by atoms with Crippen LogP contribution in [-0.4, -0.2) is 46.9 Å². The Morgan fingerprint density at radius 2 is 0.818 bits per heavy atom. The summed E-state index contributed by atoms with van der Waals surface area (Å²) in [6, 6.07) is 0. The Hall–Kier alpha value is -0.170. The summed E-state index contributed by atoms with van der Waals surface area (Å²) in [5, 5.41) is 6.76. The minimum atomic E-state index is -3.10. The van der Waals surface area contributed by atoms with E-state index in [1.807, 2.05) is 0 Å². The lowest BCUT2D eigenvalue weighted by molar-refractivity contribution is 0.530. The van der Waals surface area contributed by atoms with Crippen molar-refractivity contribution in [3.63, 3.8) is 0 Å². The van der Waals surface area contributed by atoms with E-state index in [4.69, 9.17) is 0 Å². The molecule has 0 saturated heterocycles. The lowest BCUT2D eigenvalue weighted by Crippen LogP contribution is -2.30. The Morgan fingerprint density at radius 3 is 1.27 bits per heavy atom. The third-order valence-corrected chi connectivity index (χ3v) is 7.72. The topological polar surface area (TPSA) is 70.2 Å². The van der Waals surface area contributed by atoms with Crippen molar-refractivity contribution in [1.82, 2.24) is 15.4 Å². The number of rotatable bonds is 28. The van der Waals surface area contributed by atoms with Gasteiger partial charge in [0.2, 0.25) is 10.0 Å². The van der Waals surface area contributed by atoms with Gasteiger partial charge >= 0.3 is 0 Å². The molecule has 0 heterocycles. The maximum Gasteiger partial charge on any atom is 0.211 e. The fourth-order valence-corrected chi connectivity index (χ4v) is 5.30. The minimum Gasteiger partial charge on any atom is -0.317 e. The monoisotopic (exact) mass is 489 g/mol. The van der Waals surface area contributed by atoms with Gasteiger partial charge in [-0.1, -0.05) is 110 Å². The van der Waals surface area contributed by atoms with Crippen molar-refractivity contribution in [1.29, 1.82) is 0 Å². The second kappa shape index (κ2) is 26.4. The minimum absolute atomic E-state index is 0.280. The molecule has 200 valence electrons. The van der Waals surface area contributed by atoms with Gasteiger partial charge in [0, 0.05) is 6.54 Å². The van der Waals surface area contributed by atoms with E-state index in [2.05, 4.69) is 29.2 Å². The van der Waals surface area contributed by atoms with Crippen LogP contribution in [-0.2, 0) is 10.0 Å². The summed E-state index contributed by atoms with van der Waals surface area (Å²) in [6.07, 6.45) is 24.1. The average molecular weight is 490 g/mol. The van der Waals surface area contributed by atoms with Crippen LogP contribution in [0.1, 0.15) is 136 Å². The smallest absolute Gasteiger partial charge is 0.211 e. The molecule has 0 unspecified atom stereocenters. The second-order valence-electron chi connectivity index (χ2n) is 9.72. The van der Waals surface area contributed by atoms with Crippen LogP contribution in [0.25, 0.3) is 0 Å². The van der Waals surface area contributed by atoms with Crippen LogP contribution in [0.15, 0.2) is 0 Å². The number of unbranched alkanes of at least 4 members (excludes halogenated alkanes) is 15. The largest absolute Gasteiger partial charge is 0.317 e. The van der Waals surface area contributed by atoms with E-state index in [1.54, 1.807) is 0 Å². The van der Waals surface area contributed by atoms with Gasteiger partial charge in [0.05, 0.1) is 5.75 Å². The van der Waals surface area contributed by atoms with Crippen LogP contribution < -0.4 is 15.4 Å². The van der Waals surface area contributed by atoms with Gasteiger partial charge in [-0.15, -0.1) is 0 Å². The Morgan fingerprint density at radius 1 is 0.424 bits per heavy atom. The van der Waals surface area contributed by atoms with E-state index in [-0.39, 0.29) is 5.75 Å². The summed E-state index contributed by atoms with van der Waals surface area (Å²) in [5.74, 6) is 0.280. The summed E-state index contributed by atoms with van der Waals surface area (Å²) in [4.78, 5) is 0. The molecule has 0 saturated carbocycles. The first-order valence-corrected chi connectivity index (χ1v) is 16.2. The van der Waals surface area contributed by atoms with Gasteiger partial charge in [0.15, 0.2) is 0 Å². The summed E-state index contributed by atoms with van der Waals surface area (Å²) in [5.41, 5.74) is 0. The van der Waals surface area contributed by atoms with E-state index in [1.165, 1.54) is 96.3 Å². The molecule has 3 N–H and O–H groups in total. The molecule has 0 radical (unpaired) electrons. The Kier molecular flexibility index (Phi) is 26.3. The summed E-state index contributed by atoms with van der Waals surface area (Å²) < 4.78 is 26.9. The van der Waals surface area contributed by atoms with Crippen molar-refractivity contribution >= 4 is 10.0 Å². The molecular formula is C27H59N3O2S. The molecule has 0 aromatic rings. The van der Waals surface area contributed by atoms with Crippen molar-refractivity contribution in [2.75, 3.05) is 38.5 Å². The zero-order valence-electron chi connectivity index (χ0n) is 22.4. The first-order valence-electron chi connectivity index (χ1n) is 14.5. The highest BCUT2D eigenvalue weighted by Crippen LogP contribution is 2.13. The Bertz CT molecular complexity index is 472. The first-order chi connectivity index (χ1) is 16.1. The van der Waals surface area contributed by atoms with Gasteiger partial charge in [-0.05, 0) is 51.9 Å². The van der Waals surface area contributed by atoms with Crippen molar-refractivity contribution in [3.05, 3.63) is 0 Å². The normalized spacial score (nSPS) is 11.9. The molecule has 0 aromatic heterocycles. The average Bonchev–Trinajstić information content (AvgIpc) is 2.80. The molecule has 0 spiro atoms. The quantitative estimate of drug-likeness (QED) is 0.109. The number of nitrogens with one attached hydrogen (secondary N) is 3. The predicted molar refractivity (Wildman–Crippen MR) is 147 cm³/mol. The van der Waals surface area contributed by atoms with Crippen molar-refractivity contribution in [2.24, 2.45) is 0 Å². The lowest BCUT2D eigenvalue weighted by atomic mass is 10.0. The molecule has 0 rings (SSSR count). The third-order valence-electron chi connectivity index (χ3n) is 6.25. The molecular weight excluding hydrogens is 430 g/mol. The highest BCUT2D eigenvalue weighted by Gasteiger charge is 2.08. The van der Waals surface area contributed by atoms with Crippen LogP contribution in [0.3, 0.4) is 0 Å². The number of hydrogen-bond donors (Lipinski definition) is 3. The fourth-order valence-electron chi connectivity index (χ4n) is 4.12. The summed E-state index contributed by atoms with van der Waals surface area (Å²) >= 11 is 0. The van der Waals surface area contributed by atoms with Gasteiger partial charge in [-0.2, -0.15) is 0 Å². The Balaban J connectivity index is 3.28. The SMILES string of the molecule is CCCCCCCCCCCCCCCCCCS(=O)(=O)NCCCNCCCNCCC. The van der Waals surface area contributed by atoms with Crippen molar-refractivity contribution in [2.45, 2.75) is 136 Å². The Labute approximate surface area is 208 Å². The first kappa shape index (κ1) is 32.8. The molecule has 0 aliphatic rings. The molecule has 6 heteroatoms. The predicted octanol–water partition coefficient (Wildman–Crippen LogP) is 6.54. The van der Waals surface area contributed by atoms with Gasteiger partial charge in [-0.25, -0.2) is 13.1 Å². The molecule has 0 bridgehead atoms. The second-order valence-corrected chi connectivity index (χ2v) is 11.7. The molecule has 0 atom stereocenters. The van der Waals surface area contributed by atoms with Crippen LogP contribution in [0, 0.1) is 0 Å². The summed E-state index contributed by atoms with van der Waals surface area (Å²) in [6.45, 7) is 8.99. The van der Waals surface area contributed by atoms with Crippen LogP contribution in [0.5, 0.6) is 0 Å². The van der Waals surface area contributed by atoms with Crippen LogP contribution in [0.4, 0.5) is 0 Å². The van der Waals surface area contributed by atoms with E-state index in [0.717, 1.165) is 51.9 Å². The molecule has 0 aliphatic carbocycles. The van der Waals surface area contributed by atoms with Gasteiger partial charge < -0.3 is 10.6 Å². The molecule has 0 fully saturated rings. The van der Waals surface area contributed by atoms with Gasteiger partial charge in [0.25, 0.3) is 0 Å². The maximum absolute atomic E-state index is 12.1.